The van der Waals surface area contributed by atoms with Crippen molar-refractivity contribution in [1.29, 1.82) is 0 Å². The van der Waals surface area contributed by atoms with E-state index in [1.165, 1.54) is 17.9 Å². The predicted octanol–water partition coefficient (Wildman–Crippen LogP) is 0.806. The van der Waals surface area contributed by atoms with Crippen molar-refractivity contribution >= 4 is 39.9 Å². The van der Waals surface area contributed by atoms with Crippen molar-refractivity contribution in [3.05, 3.63) is 47.0 Å². The predicted molar refractivity (Wildman–Crippen MR) is 130 cm³/mol. The zero-order valence-corrected chi connectivity index (χ0v) is 19.4. The number of aliphatic hydroxyl groups is 1. The standard InChI is InChI=1S/C23H26N8O4/c1-24-21(33)12-35-18-9-14-8-15(5-6-17(14)29(2)22(18)34)27-20-10-19(28-23-25-13-26-31(20)23)30-7-3-4-16(32)11-30/h5-6,8-10,13,16,27,32H,3-4,7,11-12H2,1-2H3,(H,24,33). The number of β-amino-alcohol motifs (C(OH)–C–C–N with tert-alkyl or cyclic N) is 1. The van der Waals surface area contributed by atoms with Gasteiger partial charge in [-0.25, -0.2) is 0 Å². The largest absolute Gasteiger partial charge is 0.478 e. The summed E-state index contributed by atoms with van der Waals surface area (Å²) >= 11 is 0. The van der Waals surface area contributed by atoms with Gasteiger partial charge in [0.2, 0.25) is 0 Å². The lowest BCUT2D eigenvalue weighted by Gasteiger charge is -2.31. The number of amides is 1. The molecule has 4 heterocycles. The summed E-state index contributed by atoms with van der Waals surface area (Å²) in [5, 5.41) is 21.0. The van der Waals surface area contributed by atoms with Gasteiger partial charge in [-0.1, -0.05) is 0 Å². The van der Waals surface area contributed by atoms with Crippen molar-refractivity contribution in [3.63, 3.8) is 0 Å². The van der Waals surface area contributed by atoms with E-state index in [1.807, 2.05) is 29.2 Å². The SMILES string of the molecule is CNC(=O)COc1cc2cc(Nc3cc(N4CCCC(O)C4)nc4ncnn34)ccc2n(C)c1=O. The summed E-state index contributed by atoms with van der Waals surface area (Å²) in [6.45, 7) is 1.07. The van der Waals surface area contributed by atoms with Crippen LogP contribution >= 0.6 is 0 Å². The van der Waals surface area contributed by atoms with Gasteiger partial charge >= 0.3 is 0 Å². The van der Waals surface area contributed by atoms with Crippen molar-refractivity contribution in [2.75, 3.05) is 37.0 Å². The molecule has 182 valence electrons. The van der Waals surface area contributed by atoms with Gasteiger partial charge in [-0.3, -0.25) is 9.59 Å². The van der Waals surface area contributed by atoms with Gasteiger partial charge in [-0.15, -0.1) is 0 Å². The number of rotatable bonds is 6. The number of hydrogen-bond acceptors (Lipinski definition) is 9. The highest BCUT2D eigenvalue weighted by atomic mass is 16.5. The van der Waals surface area contributed by atoms with Gasteiger partial charge in [0, 0.05) is 44.3 Å². The van der Waals surface area contributed by atoms with E-state index in [1.54, 1.807) is 17.6 Å². The number of piperidine rings is 1. The number of aryl methyl sites for hydroxylation is 1. The zero-order valence-electron chi connectivity index (χ0n) is 19.4. The Bertz CT molecular complexity index is 1460. The smallest absolute Gasteiger partial charge is 0.293 e. The first-order valence-electron chi connectivity index (χ1n) is 11.3. The highest BCUT2D eigenvalue weighted by Gasteiger charge is 2.21. The van der Waals surface area contributed by atoms with Crippen molar-refractivity contribution in [2.24, 2.45) is 7.05 Å². The highest BCUT2D eigenvalue weighted by molar-refractivity contribution is 5.85. The molecule has 0 radical (unpaired) electrons. The topological polar surface area (TPSA) is 139 Å². The number of aromatic nitrogens is 5. The molecule has 1 atom stereocenters. The van der Waals surface area contributed by atoms with Gasteiger partial charge in [0.15, 0.2) is 12.4 Å². The molecule has 1 aromatic carbocycles. The molecule has 1 amide bonds. The molecule has 1 unspecified atom stereocenters. The van der Waals surface area contributed by atoms with Crippen molar-refractivity contribution in [1.82, 2.24) is 29.5 Å². The average Bonchev–Trinajstić information content (AvgIpc) is 3.34. The molecule has 1 aliphatic rings. The second-order valence-corrected chi connectivity index (χ2v) is 8.45. The Kier molecular flexibility index (Phi) is 5.95. The van der Waals surface area contributed by atoms with Crippen LogP contribution in [0.3, 0.4) is 0 Å². The molecule has 1 fully saturated rings. The number of carbonyl (C=O) groups excluding carboxylic acids is 1. The molecule has 5 rings (SSSR count). The van der Waals surface area contributed by atoms with Gasteiger partial charge in [-0.05, 0) is 37.1 Å². The lowest BCUT2D eigenvalue weighted by Crippen LogP contribution is -2.38. The minimum absolute atomic E-state index is 0.0919. The van der Waals surface area contributed by atoms with Crippen LogP contribution in [0, 0.1) is 0 Å². The van der Waals surface area contributed by atoms with E-state index < -0.39 is 0 Å². The Morgan fingerprint density at radius 2 is 2.14 bits per heavy atom. The molecule has 1 aliphatic heterocycles. The minimum Gasteiger partial charge on any atom is -0.478 e. The van der Waals surface area contributed by atoms with Gasteiger partial charge in [-0.2, -0.15) is 19.6 Å². The number of carbonyl (C=O) groups is 1. The van der Waals surface area contributed by atoms with Crippen LogP contribution in [-0.2, 0) is 11.8 Å². The van der Waals surface area contributed by atoms with E-state index in [0.29, 0.717) is 24.0 Å². The quantitative estimate of drug-likeness (QED) is 0.367. The van der Waals surface area contributed by atoms with Crippen molar-refractivity contribution < 1.29 is 14.6 Å². The highest BCUT2D eigenvalue weighted by Crippen LogP contribution is 2.27. The van der Waals surface area contributed by atoms with Crippen molar-refractivity contribution in [2.45, 2.75) is 18.9 Å². The van der Waals surface area contributed by atoms with E-state index in [4.69, 9.17) is 4.74 Å². The Morgan fingerprint density at radius 3 is 2.94 bits per heavy atom. The molecule has 1 saturated heterocycles. The third-order valence-electron chi connectivity index (χ3n) is 6.06. The number of ether oxygens (including phenoxy) is 1. The maximum Gasteiger partial charge on any atom is 0.293 e. The maximum atomic E-state index is 12.6. The Labute approximate surface area is 200 Å². The number of likely N-dealkylation sites (N-methyl/N-ethyl adjacent to an activating group) is 1. The third kappa shape index (κ3) is 4.47. The van der Waals surface area contributed by atoms with Gasteiger partial charge in [0.1, 0.15) is 18.0 Å². The Hall–Kier alpha value is -4.19. The van der Waals surface area contributed by atoms with Crippen LogP contribution in [0.1, 0.15) is 12.8 Å². The molecular weight excluding hydrogens is 452 g/mol. The first-order chi connectivity index (χ1) is 16.9. The normalized spacial score (nSPS) is 16.0. The molecule has 4 aromatic rings. The van der Waals surface area contributed by atoms with Crippen LogP contribution in [0.5, 0.6) is 5.75 Å². The van der Waals surface area contributed by atoms with Gasteiger partial charge in [0.05, 0.1) is 11.6 Å². The lowest BCUT2D eigenvalue weighted by atomic mass is 10.1. The number of benzene rings is 1. The monoisotopic (exact) mass is 478 g/mol. The fourth-order valence-corrected chi connectivity index (χ4v) is 4.21. The van der Waals surface area contributed by atoms with E-state index in [2.05, 4.69) is 25.7 Å². The summed E-state index contributed by atoms with van der Waals surface area (Å²) in [6, 6.07) is 9.09. The maximum absolute atomic E-state index is 12.6. The van der Waals surface area contributed by atoms with Crippen LogP contribution in [0.15, 0.2) is 41.5 Å². The van der Waals surface area contributed by atoms with Crippen LogP contribution in [0.4, 0.5) is 17.3 Å². The third-order valence-corrected chi connectivity index (χ3v) is 6.06. The fraction of sp³-hybridized carbons (Fsp3) is 0.348. The summed E-state index contributed by atoms with van der Waals surface area (Å²) < 4.78 is 8.54. The van der Waals surface area contributed by atoms with E-state index >= 15 is 0 Å². The first-order valence-corrected chi connectivity index (χ1v) is 11.3. The second kappa shape index (κ2) is 9.22. The molecule has 12 nitrogen and oxygen atoms in total. The number of anilines is 3. The molecule has 0 saturated carbocycles. The number of nitrogens with one attached hydrogen (secondary N) is 2. The Balaban J connectivity index is 1.49. The van der Waals surface area contributed by atoms with E-state index in [0.717, 1.165) is 36.0 Å². The molecule has 12 heteroatoms. The summed E-state index contributed by atoms with van der Waals surface area (Å²) in [5.41, 5.74) is 1.14. The second-order valence-electron chi connectivity index (χ2n) is 8.45. The molecule has 3 aromatic heterocycles. The molecular formula is C23H26N8O4. The molecule has 0 spiro atoms. The van der Waals surface area contributed by atoms with Gasteiger partial charge < -0.3 is 29.9 Å². The number of hydrogen-bond donors (Lipinski definition) is 3. The van der Waals surface area contributed by atoms with Crippen molar-refractivity contribution in [3.8, 4) is 5.75 Å². The summed E-state index contributed by atoms with van der Waals surface area (Å²) in [4.78, 5) is 35.1. The van der Waals surface area contributed by atoms with E-state index in [9.17, 15) is 14.7 Å². The molecule has 35 heavy (non-hydrogen) atoms. The molecule has 0 aliphatic carbocycles. The summed E-state index contributed by atoms with van der Waals surface area (Å²) in [7, 11) is 3.16. The van der Waals surface area contributed by atoms with Crippen LogP contribution in [-0.4, -0.2) is 68.0 Å². The van der Waals surface area contributed by atoms with Gasteiger partial charge in [0.25, 0.3) is 17.2 Å². The summed E-state index contributed by atoms with van der Waals surface area (Å²) in [6.07, 6.45) is 2.72. The number of pyridine rings is 1. The van der Waals surface area contributed by atoms with Crippen LogP contribution in [0.2, 0.25) is 0 Å². The average molecular weight is 479 g/mol. The fourth-order valence-electron chi connectivity index (χ4n) is 4.21. The first kappa shape index (κ1) is 22.6. The number of nitrogens with zero attached hydrogens (tertiary/aromatic N) is 6. The molecule has 3 N–H and O–H groups in total. The number of fused-ring (bicyclic) bond motifs is 2. The van der Waals surface area contributed by atoms with E-state index in [-0.39, 0.29) is 29.9 Å². The van der Waals surface area contributed by atoms with Crippen LogP contribution < -0.4 is 25.8 Å². The summed E-state index contributed by atoms with van der Waals surface area (Å²) in [5.74, 6) is 1.57. The molecule has 0 bridgehead atoms. The lowest BCUT2D eigenvalue weighted by molar-refractivity contribution is -0.122. The Morgan fingerprint density at radius 1 is 1.29 bits per heavy atom. The number of aliphatic hydroxyl groups excluding tert-OH is 1. The zero-order chi connectivity index (χ0) is 24.5. The minimum atomic E-state index is -0.386. The van der Waals surface area contributed by atoms with Crippen LogP contribution in [0.25, 0.3) is 16.7 Å².